The van der Waals surface area contributed by atoms with Crippen molar-refractivity contribution in [2.24, 2.45) is 0 Å². The van der Waals surface area contributed by atoms with E-state index >= 15 is 0 Å². The van der Waals surface area contributed by atoms with Crippen molar-refractivity contribution in [1.29, 1.82) is 0 Å². The molecule has 24 heavy (non-hydrogen) atoms. The number of benzene rings is 2. The summed E-state index contributed by atoms with van der Waals surface area (Å²) in [5, 5.41) is 0. The summed E-state index contributed by atoms with van der Waals surface area (Å²) in [5.41, 5.74) is 7.07. The number of rotatable bonds is 2. The van der Waals surface area contributed by atoms with Crippen LogP contribution in [0.15, 0.2) is 42.5 Å². The largest absolute Gasteiger partial charge is 0.281 e. The van der Waals surface area contributed by atoms with E-state index in [1.165, 1.54) is 34.2 Å². The topological polar surface area (TPSA) is 51.2 Å². The first-order chi connectivity index (χ1) is 11.7. The molecule has 0 aromatic heterocycles. The average Bonchev–Trinajstić information content (AvgIpc) is 2.99. The molecular weight excluding hydrogens is 344 g/mol. The zero-order valence-electron chi connectivity index (χ0n) is 13.5. The average molecular weight is 361 g/mol. The summed E-state index contributed by atoms with van der Waals surface area (Å²) in [6, 6.07) is 15.4. The second kappa shape index (κ2) is 11.5. The molecule has 2 aromatic carbocycles. The molecule has 1 aliphatic rings. The van der Waals surface area contributed by atoms with E-state index in [4.69, 9.17) is 14.4 Å². The van der Waals surface area contributed by atoms with Gasteiger partial charge in [0.1, 0.15) is 0 Å². The molecule has 1 aliphatic carbocycles. The van der Waals surface area contributed by atoms with Gasteiger partial charge in [-0.2, -0.15) is 0 Å². The first kappa shape index (κ1) is 22.0. The molecule has 0 saturated carbocycles. The Hall–Kier alpha value is -2.03. The van der Waals surface area contributed by atoms with Crippen LogP contribution in [-0.2, 0) is 30.4 Å². The van der Waals surface area contributed by atoms with E-state index in [0.29, 0.717) is 10.7 Å². The molecular formula is C20H17FeO3. The number of hydrogen-bond acceptors (Lipinski definition) is 3. The molecule has 2 atom stereocenters. The SMILES string of the molecule is CCC(C)c1cccc2c1[CH]([Fe])c1ccccc1-2.[C]=O.[C]=O.[C]=O. The molecule has 2 aromatic rings. The Bertz CT molecular complexity index is 638. The standard InChI is InChI=1S/C17H17.3CO.Fe/c1-3-12(2)14-9-6-10-16-15-8-5-4-7-13(15)11-17(14)16;3*1-2;/h4-12H,3H2,1-2H3;;;;. The van der Waals surface area contributed by atoms with Crippen molar-refractivity contribution in [3.63, 3.8) is 0 Å². The van der Waals surface area contributed by atoms with Crippen LogP contribution in [0.5, 0.6) is 0 Å². The van der Waals surface area contributed by atoms with Gasteiger partial charge in [0.15, 0.2) is 0 Å². The van der Waals surface area contributed by atoms with Crippen LogP contribution >= 0.6 is 0 Å². The maximum atomic E-state index is 7.50. The third kappa shape index (κ3) is 4.28. The predicted octanol–water partition coefficient (Wildman–Crippen LogP) is 3.63. The van der Waals surface area contributed by atoms with E-state index in [1.807, 2.05) is 0 Å². The van der Waals surface area contributed by atoms with E-state index in [9.17, 15) is 0 Å². The van der Waals surface area contributed by atoms with Crippen LogP contribution < -0.4 is 0 Å². The second-order valence-electron chi connectivity index (χ2n) is 5.05. The van der Waals surface area contributed by atoms with Gasteiger partial charge in [-0.1, -0.05) is 0 Å². The van der Waals surface area contributed by atoms with Crippen molar-refractivity contribution in [3.05, 3.63) is 59.2 Å². The minimum absolute atomic E-state index is 0.293. The van der Waals surface area contributed by atoms with Crippen LogP contribution in [0.25, 0.3) is 11.1 Å². The fraction of sp³-hybridized carbons (Fsp3) is 0.250. The quantitative estimate of drug-likeness (QED) is 0.768. The molecule has 2 unspecified atom stereocenters. The van der Waals surface area contributed by atoms with Gasteiger partial charge >= 0.3 is 117 Å². The Morgan fingerprint density at radius 3 is 2.04 bits per heavy atom. The van der Waals surface area contributed by atoms with E-state index in [2.05, 4.69) is 92.7 Å². The van der Waals surface area contributed by atoms with E-state index in [-0.39, 0.29) is 0 Å². The number of hydrogen-bond donors (Lipinski definition) is 0. The molecule has 0 N–H and O–H groups in total. The summed E-state index contributed by atoms with van der Waals surface area (Å²) in [6.45, 7) is 18.1. The summed E-state index contributed by atoms with van der Waals surface area (Å²) in [5.74, 6) is 0.610. The van der Waals surface area contributed by atoms with Crippen LogP contribution in [0.3, 0.4) is 0 Å². The predicted molar refractivity (Wildman–Crippen MR) is 89.5 cm³/mol. The van der Waals surface area contributed by atoms with Crippen molar-refractivity contribution in [1.82, 2.24) is 0 Å². The van der Waals surface area contributed by atoms with Gasteiger partial charge < -0.3 is 0 Å². The minimum atomic E-state index is 0.293. The normalized spacial score (nSPS) is 14.2. The Morgan fingerprint density at radius 2 is 1.46 bits per heavy atom. The summed E-state index contributed by atoms with van der Waals surface area (Å²) in [6.07, 6.45) is 1.18. The maximum absolute atomic E-state index is 7.50. The third-order valence-electron chi connectivity index (χ3n) is 4.05. The van der Waals surface area contributed by atoms with Crippen molar-refractivity contribution in [3.8, 4) is 11.1 Å². The number of carbonyl (C=O) groups excluding carboxylic acids is 3. The van der Waals surface area contributed by atoms with Gasteiger partial charge in [0, 0.05) is 0 Å². The Morgan fingerprint density at radius 1 is 0.917 bits per heavy atom. The molecule has 3 nitrogen and oxygen atoms in total. The van der Waals surface area contributed by atoms with Crippen LogP contribution in [0, 0.1) is 0 Å². The van der Waals surface area contributed by atoms with E-state index < -0.39 is 0 Å². The fourth-order valence-corrected chi connectivity index (χ4v) is 3.49. The Kier molecular flexibility index (Phi) is 10.5. The van der Waals surface area contributed by atoms with Crippen molar-refractivity contribution in [2.75, 3.05) is 0 Å². The summed E-state index contributed by atoms with van der Waals surface area (Å²) in [4.78, 5) is 22.8. The summed E-state index contributed by atoms with van der Waals surface area (Å²) >= 11 is 4.40. The first-order valence-electron chi connectivity index (χ1n) is 7.20. The third-order valence-corrected chi connectivity index (χ3v) is 4.71. The monoisotopic (exact) mass is 361 g/mol. The van der Waals surface area contributed by atoms with Crippen molar-refractivity contribution in [2.45, 2.75) is 31.0 Å². The minimum Gasteiger partial charge on any atom is -0.281 e. The molecule has 123 valence electrons. The van der Waals surface area contributed by atoms with Crippen LogP contribution in [-0.4, -0.2) is 20.4 Å². The van der Waals surface area contributed by atoms with Gasteiger partial charge in [0.2, 0.25) is 0 Å². The molecule has 0 amide bonds. The van der Waals surface area contributed by atoms with E-state index in [0.717, 1.165) is 0 Å². The molecule has 0 fully saturated rings. The fourth-order valence-electron chi connectivity index (χ4n) is 2.86. The first-order valence-corrected chi connectivity index (χ1v) is 7.83. The van der Waals surface area contributed by atoms with Crippen molar-refractivity contribution < 1.29 is 30.4 Å². The Balaban J connectivity index is 0.000000798. The molecule has 0 bridgehead atoms. The summed E-state index contributed by atoms with van der Waals surface area (Å²) in [7, 11) is 0. The van der Waals surface area contributed by atoms with Gasteiger partial charge in [-0.15, -0.1) is 0 Å². The Labute approximate surface area is 152 Å². The maximum Gasteiger partial charge on any atom is 0.281 e. The van der Waals surface area contributed by atoms with Crippen molar-refractivity contribution >= 4 is 20.4 Å². The van der Waals surface area contributed by atoms with Crippen LogP contribution in [0.2, 0.25) is 0 Å². The zero-order chi connectivity index (χ0) is 18.7. The van der Waals surface area contributed by atoms with Gasteiger partial charge in [0.05, 0.1) is 0 Å². The molecule has 6 radical (unpaired) electrons. The summed E-state index contributed by atoms with van der Waals surface area (Å²) < 4.78 is 0. The zero-order valence-corrected chi connectivity index (χ0v) is 14.6. The van der Waals surface area contributed by atoms with Gasteiger partial charge in [-0.25, -0.2) is 0 Å². The van der Waals surface area contributed by atoms with Crippen LogP contribution in [0.1, 0.15) is 47.7 Å². The molecule has 4 heteroatoms. The van der Waals surface area contributed by atoms with Gasteiger partial charge in [-0.3, -0.25) is 14.4 Å². The smallest absolute Gasteiger partial charge is 0.281 e. The number of fused-ring (bicyclic) bond motifs is 3. The molecule has 0 spiro atoms. The second-order valence-corrected chi connectivity index (χ2v) is 5.69. The molecule has 0 aliphatic heterocycles. The molecule has 0 heterocycles. The molecule has 3 rings (SSSR count). The van der Waals surface area contributed by atoms with Gasteiger partial charge in [0.25, 0.3) is 20.4 Å². The van der Waals surface area contributed by atoms with E-state index in [1.54, 1.807) is 0 Å². The van der Waals surface area contributed by atoms with Crippen LogP contribution in [0.4, 0.5) is 0 Å². The molecule has 0 saturated heterocycles. The van der Waals surface area contributed by atoms with Gasteiger partial charge in [-0.05, 0) is 0 Å².